The lowest BCUT2D eigenvalue weighted by Gasteiger charge is -2.33. The van der Waals surface area contributed by atoms with Gasteiger partial charge in [0, 0.05) is 0 Å². The van der Waals surface area contributed by atoms with Crippen LogP contribution in [0.25, 0.3) is 0 Å². The molecule has 2 aliphatic carbocycles. The largest absolute Gasteiger partial charge is 0.0990 e. The highest BCUT2D eigenvalue weighted by Crippen LogP contribution is 2.67. The first kappa shape index (κ1) is 8.34. The molecule has 0 aliphatic heterocycles. The van der Waals surface area contributed by atoms with E-state index in [2.05, 4.69) is 34.3 Å². The van der Waals surface area contributed by atoms with Crippen molar-refractivity contribution in [2.75, 3.05) is 0 Å². The molecule has 2 fully saturated rings. The Morgan fingerprint density at radius 1 is 1.17 bits per heavy atom. The molecule has 2 bridgehead atoms. The van der Waals surface area contributed by atoms with Gasteiger partial charge < -0.3 is 0 Å². The molecule has 0 radical (unpaired) electrons. The van der Waals surface area contributed by atoms with Crippen molar-refractivity contribution in [2.24, 2.45) is 22.7 Å². The monoisotopic (exact) mass is 164 g/mol. The summed E-state index contributed by atoms with van der Waals surface area (Å²) in [7, 11) is 0. The van der Waals surface area contributed by atoms with Crippen molar-refractivity contribution in [2.45, 2.75) is 40.5 Å². The minimum absolute atomic E-state index is 0.409. The molecular weight excluding hydrogens is 144 g/mol. The zero-order chi connectivity index (χ0) is 9.15. The maximum atomic E-state index is 4.29. The molecule has 2 rings (SSSR count). The van der Waals surface area contributed by atoms with Crippen molar-refractivity contribution < 1.29 is 0 Å². The molecule has 0 N–H and O–H groups in total. The molecule has 2 aliphatic rings. The molecule has 0 heteroatoms. The Labute approximate surface area is 76.1 Å². The third kappa shape index (κ3) is 0.694. The second-order valence-corrected chi connectivity index (χ2v) is 5.75. The number of rotatable bonds is 0. The zero-order valence-corrected chi connectivity index (χ0v) is 8.78. The van der Waals surface area contributed by atoms with Crippen molar-refractivity contribution >= 4 is 0 Å². The van der Waals surface area contributed by atoms with Crippen molar-refractivity contribution in [3.8, 4) is 0 Å². The Bertz CT molecular complexity index is 232. The van der Waals surface area contributed by atoms with Gasteiger partial charge in [-0.25, -0.2) is 0 Å². The van der Waals surface area contributed by atoms with Crippen LogP contribution in [-0.2, 0) is 0 Å². The second-order valence-electron chi connectivity index (χ2n) is 5.75. The molecule has 0 aromatic heterocycles. The van der Waals surface area contributed by atoms with Gasteiger partial charge in [-0.3, -0.25) is 0 Å². The van der Waals surface area contributed by atoms with E-state index in [-0.39, 0.29) is 0 Å². The summed E-state index contributed by atoms with van der Waals surface area (Å²) >= 11 is 0. The van der Waals surface area contributed by atoms with Gasteiger partial charge in [-0.05, 0) is 35.5 Å². The molecule has 0 saturated heterocycles. The van der Waals surface area contributed by atoms with Crippen molar-refractivity contribution in [3.63, 3.8) is 0 Å². The van der Waals surface area contributed by atoms with Gasteiger partial charge in [-0.2, -0.15) is 0 Å². The number of allylic oxidation sites excluding steroid dienone is 1. The summed E-state index contributed by atoms with van der Waals surface area (Å²) < 4.78 is 0. The Morgan fingerprint density at radius 2 is 1.75 bits per heavy atom. The highest BCUT2D eigenvalue weighted by molar-refractivity contribution is 5.28. The zero-order valence-electron chi connectivity index (χ0n) is 8.78. The maximum Gasteiger partial charge on any atom is -0.0111 e. The summed E-state index contributed by atoms with van der Waals surface area (Å²) in [4.78, 5) is 0. The standard InChI is InChI=1S/C12H20/c1-8-9-6-7-10(11(8,2)3)12(9,4)5/h9-10H,1,6-7H2,2-5H3. The Morgan fingerprint density at radius 3 is 2.00 bits per heavy atom. The first-order valence-electron chi connectivity index (χ1n) is 5.07. The molecule has 0 aromatic carbocycles. The highest BCUT2D eigenvalue weighted by Gasteiger charge is 2.59. The van der Waals surface area contributed by atoms with Crippen molar-refractivity contribution in [1.29, 1.82) is 0 Å². The third-order valence-corrected chi connectivity index (χ3v) is 4.66. The van der Waals surface area contributed by atoms with E-state index in [0.29, 0.717) is 10.8 Å². The van der Waals surface area contributed by atoms with Gasteiger partial charge >= 0.3 is 0 Å². The van der Waals surface area contributed by atoms with Crippen LogP contribution in [0.5, 0.6) is 0 Å². The van der Waals surface area contributed by atoms with Crippen LogP contribution in [0.1, 0.15) is 40.5 Å². The van der Waals surface area contributed by atoms with E-state index in [1.165, 1.54) is 18.4 Å². The lowest BCUT2D eigenvalue weighted by atomic mass is 9.71. The molecule has 0 nitrogen and oxygen atoms in total. The molecule has 0 aromatic rings. The molecule has 0 amide bonds. The minimum atomic E-state index is 0.409. The smallest absolute Gasteiger partial charge is 0.0111 e. The van der Waals surface area contributed by atoms with Gasteiger partial charge in [0.2, 0.25) is 0 Å². The Hall–Kier alpha value is -0.260. The highest BCUT2D eigenvalue weighted by atomic mass is 14.6. The van der Waals surface area contributed by atoms with E-state index in [0.717, 1.165) is 11.8 Å². The first-order valence-corrected chi connectivity index (χ1v) is 5.07. The van der Waals surface area contributed by atoms with Gasteiger partial charge in [0.1, 0.15) is 0 Å². The fourth-order valence-electron chi connectivity index (χ4n) is 3.91. The van der Waals surface area contributed by atoms with E-state index < -0.39 is 0 Å². The number of hydrogen-bond acceptors (Lipinski definition) is 0. The quantitative estimate of drug-likeness (QED) is 0.479. The normalized spacial score (nSPS) is 42.2. The fraction of sp³-hybridized carbons (Fsp3) is 0.833. The van der Waals surface area contributed by atoms with Crippen LogP contribution in [0.4, 0.5) is 0 Å². The summed E-state index contributed by atoms with van der Waals surface area (Å²) in [5.74, 6) is 1.68. The molecule has 68 valence electrons. The van der Waals surface area contributed by atoms with Gasteiger partial charge in [-0.15, -0.1) is 0 Å². The predicted molar refractivity (Wildman–Crippen MR) is 52.9 cm³/mol. The topological polar surface area (TPSA) is 0 Å². The minimum Gasteiger partial charge on any atom is -0.0990 e. The average molecular weight is 164 g/mol. The summed E-state index contributed by atoms with van der Waals surface area (Å²) in [5, 5.41) is 0. The van der Waals surface area contributed by atoms with Gasteiger partial charge in [0.25, 0.3) is 0 Å². The third-order valence-electron chi connectivity index (χ3n) is 4.66. The predicted octanol–water partition coefficient (Wildman–Crippen LogP) is 3.63. The molecule has 0 heterocycles. The van der Waals surface area contributed by atoms with Crippen molar-refractivity contribution in [3.05, 3.63) is 12.2 Å². The van der Waals surface area contributed by atoms with Crippen LogP contribution in [0, 0.1) is 22.7 Å². The molecule has 2 atom stereocenters. The van der Waals surface area contributed by atoms with E-state index in [1.807, 2.05) is 0 Å². The summed E-state index contributed by atoms with van der Waals surface area (Å²) in [6.45, 7) is 13.9. The van der Waals surface area contributed by atoms with E-state index in [4.69, 9.17) is 0 Å². The van der Waals surface area contributed by atoms with E-state index >= 15 is 0 Å². The van der Waals surface area contributed by atoms with Crippen LogP contribution in [-0.4, -0.2) is 0 Å². The fourth-order valence-corrected chi connectivity index (χ4v) is 3.91. The molecule has 0 spiro atoms. The summed E-state index contributed by atoms with van der Waals surface area (Å²) in [6, 6.07) is 0. The van der Waals surface area contributed by atoms with Crippen molar-refractivity contribution in [1.82, 2.24) is 0 Å². The van der Waals surface area contributed by atoms with Crippen LogP contribution in [0.15, 0.2) is 12.2 Å². The maximum absolute atomic E-state index is 4.29. The number of hydrogen-bond donors (Lipinski definition) is 0. The first-order chi connectivity index (χ1) is 5.38. The van der Waals surface area contributed by atoms with Crippen LogP contribution < -0.4 is 0 Å². The Kier molecular flexibility index (Phi) is 1.37. The molecule has 2 saturated carbocycles. The van der Waals surface area contributed by atoms with Gasteiger partial charge in [-0.1, -0.05) is 39.8 Å². The summed E-state index contributed by atoms with van der Waals surface area (Å²) in [6.07, 6.45) is 2.81. The van der Waals surface area contributed by atoms with Gasteiger partial charge in [0.15, 0.2) is 0 Å². The number of fused-ring (bicyclic) bond motifs is 2. The van der Waals surface area contributed by atoms with E-state index in [9.17, 15) is 0 Å². The summed E-state index contributed by atoms with van der Waals surface area (Å²) in [5.41, 5.74) is 2.45. The molecular formula is C12H20. The lowest BCUT2D eigenvalue weighted by molar-refractivity contribution is 0.185. The van der Waals surface area contributed by atoms with Gasteiger partial charge in [0.05, 0.1) is 0 Å². The Balaban J connectivity index is 2.47. The van der Waals surface area contributed by atoms with Crippen LogP contribution in [0.3, 0.4) is 0 Å². The second kappa shape index (κ2) is 1.97. The van der Waals surface area contributed by atoms with Crippen LogP contribution >= 0.6 is 0 Å². The van der Waals surface area contributed by atoms with Crippen LogP contribution in [0.2, 0.25) is 0 Å². The van der Waals surface area contributed by atoms with E-state index in [1.54, 1.807) is 0 Å². The molecule has 2 unspecified atom stereocenters. The lowest BCUT2D eigenvalue weighted by Crippen LogP contribution is -2.25. The SMILES string of the molecule is C=C1C2CCC(C1(C)C)C2(C)C. The average Bonchev–Trinajstić information content (AvgIpc) is 2.27. The molecule has 12 heavy (non-hydrogen) atoms.